The summed E-state index contributed by atoms with van der Waals surface area (Å²) in [6.07, 6.45) is -0.253. The zero-order chi connectivity index (χ0) is 28.2. The van der Waals surface area contributed by atoms with Crippen molar-refractivity contribution in [3.05, 3.63) is 118 Å². The Kier molecular flexibility index (Phi) is 8.23. The highest BCUT2D eigenvalue weighted by Crippen LogP contribution is 2.35. The van der Waals surface area contributed by atoms with Crippen molar-refractivity contribution in [3.63, 3.8) is 0 Å². The van der Waals surface area contributed by atoms with Crippen LogP contribution in [0.2, 0.25) is 0 Å². The fraction of sp³-hybridized carbons (Fsp3) is 0.290. The lowest BCUT2D eigenvalue weighted by Gasteiger charge is -2.28. The molecule has 0 saturated carbocycles. The standard InChI is InChI=1S/C31H33F2N5O2/c1-2-19-6-5-7-20(10-19)17-38(18-30(39)26(34)13-21-11-22(32)14-23(33)12-21)31(40)29-15-28(36-37-29)25-16-35-27-9-4-3-8-24(25)27/h3-12,14-15,25-26,30,35,39H,2,13,16-18,34H2,1H3,(H,36,37)/t25?,26-,30+/m0/s1. The minimum Gasteiger partial charge on any atom is -0.390 e. The number of nitrogens with zero attached hydrogens (tertiary/aromatic N) is 2. The van der Waals surface area contributed by atoms with Crippen LogP contribution in [0.15, 0.2) is 72.8 Å². The fourth-order valence-corrected chi connectivity index (χ4v) is 5.23. The third-order valence-corrected chi connectivity index (χ3v) is 7.38. The highest BCUT2D eigenvalue weighted by atomic mass is 19.1. The molecule has 3 atom stereocenters. The Morgan fingerprint density at radius 1 is 1.05 bits per heavy atom. The molecule has 2 heterocycles. The second kappa shape index (κ2) is 12.0. The van der Waals surface area contributed by atoms with E-state index in [0.717, 1.165) is 40.6 Å². The Bertz CT molecular complexity index is 1470. The van der Waals surface area contributed by atoms with E-state index in [-0.39, 0.29) is 37.0 Å². The van der Waals surface area contributed by atoms with E-state index in [0.29, 0.717) is 12.1 Å². The zero-order valence-electron chi connectivity index (χ0n) is 22.3. The van der Waals surface area contributed by atoms with E-state index in [1.807, 2.05) is 42.5 Å². The monoisotopic (exact) mass is 545 g/mol. The molecular formula is C31H33F2N5O2. The molecule has 0 spiro atoms. The van der Waals surface area contributed by atoms with Crippen molar-refractivity contribution in [1.29, 1.82) is 0 Å². The number of carbonyl (C=O) groups excluding carboxylic acids is 1. The van der Waals surface area contributed by atoms with Gasteiger partial charge in [-0.3, -0.25) is 9.89 Å². The molecule has 40 heavy (non-hydrogen) atoms. The number of amides is 1. The predicted octanol–water partition coefficient (Wildman–Crippen LogP) is 4.38. The lowest BCUT2D eigenvalue weighted by atomic mass is 9.98. The van der Waals surface area contributed by atoms with E-state index >= 15 is 0 Å². The van der Waals surface area contributed by atoms with Gasteiger partial charge in [0.25, 0.3) is 5.91 Å². The highest BCUT2D eigenvalue weighted by Gasteiger charge is 2.29. The van der Waals surface area contributed by atoms with Crippen molar-refractivity contribution >= 4 is 11.6 Å². The maximum Gasteiger partial charge on any atom is 0.274 e. The number of benzene rings is 3. The maximum absolute atomic E-state index is 13.8. The first-order valence-corrected chi connectivity index (χ1v) is 13.4. The number of anilines is 1. The van der Waals surface area contributed by atoms with Gasteiger partial charge in [0.2, 0.25) is 0 Å². The summed E-state index contributed by atoms with van der Waals surface area (Å²) >= 11 is 0. The number of aliphatic hydroxyl groups is 1. The van der Waals surface area contributed by atoms with E-state index in [9.17, 15) is 18.7 Å². The number of para-hydroxylation sites is 1. The smallest absolute Gasteiger partial charge is 0.274 e. The number of hydrogen-bond donors (Lipinski definition) is 4. The molecule has 4 aromatic rings. The highest BCUT2D eigenvalue weighted by molar-refractivity contribution is 5.92. The number of hydrogen-bond acceptors (Lipinski definition) is 5. The average Bonchev–Trinajstić information content (AvgIpc) is 3.59. The Morgan fingerprint density at radius 2 is 1.80 bits per heavy atom. The molecule has 0 radical (unpaired) electrons. The molecule has 208 valence electrons. The van der Waals surface area contributed by atoms with Gasteiger partial charge in [-0.25, -0.2) is 8.78 Å². The van der Waals surface area contributed by atoms with E-state index in [2.05, 4.69) is 28.5 Å². The number of aromatic nitrogens is 2. The van der Waals surface area contributed by atoms with Crippen LogP contribution in [0.1, 0.15) is 51.3 Å². The number of H-pyrrole nitrogens is 1. The van der Waals surface area contributed by atoms with E-state index in [1.54, 1.807) is 6.07 Å². The molecule has 0 bridgehead atoms. The number of aryl methyl sites for hydroxylation is 1. The molecule has 1 aromatic heterocycles. The van der Waals surface area contributed by atoms with Gasteiger partial charge in [0.15, 0.2) is 0 Å². The largest absolute Gasteiger partial charge is 0.390 e. The SMILES string of the molecule is CCc1cccc(CN(C[C@@H](O)[C@@H](N)Cc2cc(F)cc(F)c2)C(=O)c2cc(C3CNc4ccccc43)[nH]n2)c1. The van der Waals surface area contributed by atoms with Crippen LogP contribution >= 0.6 is 0 Å². The number of aliphatic hydroxyl groups excluding tert-OH is 1. The maximum atomic E-state index is 13.8. The van der Waals surface area contributed by atoms with Gasteiger partial charge in [0, 0.05) is 49.0 Å². The number of carbonyl (C=O) groups is 1. The van der Waals surface area contributed by atoms with Crippen LogP contribution < -0.4 is 11.1 Å². The topological polar surface area (TPSA) is 107 Å². The first kappa shape index (κ1) is 27.5. The summed E-state index contributed by atoms with van der Waals surface area (Å²) in [5.74, 6) is -1.74. The lowest BCUT2D eigenvalue weighted by Crippen LogP contribution is -2.46. The molecule has 1 amide bonds. The van der Waals surface area contributed by atoms with Crippen LogP contribution in [0.4, 0.5) is 14.5 Å². The molecule has 0 aliphatic carbocycles. The molecule has 5 N–H and O–H groups in total. The minimum absolute atomic E-state index is 0.0330. The van der Waals surface area contributed by atoms with Gasteiger partial charge in [-0.05, 0) is 59.4 Å². The van der Waals surface area contributed by atoms with Crippen molar-refractivity contribution in [2.45, 2.75) is 44.4 Å². The number of fused-ring (bicyclic) bond motifs is 1. The van der Waals surface area contributed by atoms with Gasteiger partial charge in [-0.15, -0.1) is 0 Å². The fourth-order valence-electron chi connectivity index (χ4n) is 5.23. The van der Waals surface area contributed by atoms with Gasteiger partial charge in [0.05, 0.1) is 6.10 Å². The second-order valence-electron chi connectivity index (χ2n) is 10.3. The second-order valence-corrected chi connectivity index (χ2v) is 10.3. The van der Waals surface area contributed by atoms with Gasteiger partial charge < -0.3 is 21.1 Å². The number of nitrogens with one attached hydrogen (secondary N) is 2. The minimum atomic E-state index is -1.14. The normalized spacial score (nSPS) is 15.8. The van der Waals surface area contributed by atoms with E-state index < -0.39 is 23.8 Å². The summed E-state index contributed by atoms with van der Waals surface area (Å²) in [5.41, 5.74) is 11.9. The van der Waals surface area contributed by atoms with Crippen LogP contribution in [-0.4, -0.2) is 51.3 Å². The lowest BCUT2D eigenvalue weighted by molar-refractivity contribution is 0.0549. The van der Waals surface area contributed by atoms with Crippen molar-refractivity contribution in [1.82, 2.24) is 15.1 Å². The van der Waals surface area contributed by atoms with Crippen LogP contribution in [0.25, 0.3) is 0 Å². The Hall–Kier alpha value is -4.08. The third-order valence-electron chi connectivity index (χ3n) is 7.38. The quantitative estimate of drug-likeness (QED) is 0.237. The first-order chi connectivity index (χ1) is 19.3. The van der Waals surface area contributed by atoms with Crippen LogP contribution in [0.5, 0.6) is 0 Å². The molecule has 0 saturated heterocycles. The summed E-state index contributed by atoms with van der Waals surface area (Å²) in [6, 6.07) is 20.0. The van der Waals surface area contributed by atoms with Crippen molar-refractivity contribution in [2.24, 2.45) is 5.73 Å². The molecule has 1 aliphatic heterocycles. The molecule has 7 nitrogen and oxygen atoms in total. The average molecular weight is 546 g/mol. The van der Waals surface area contributed by atoms with Gasteiger partial charge in [-0.1, -0.05) is 49.4 Å². The molecule has 5 rings (SSSR count). The van der Waals surface area contributed by atoms with Crippen molar-refractivity contribution < 1.29 is 18.7 Å². The van der Waals surface area contributed by atoms with Gasteiger partial charge >= 0.3 is 0 Å². The third kappa shape index (κ3) is 6.21. The van der Waals surface area contributed by atoms with Gasteiger partial charge in [-0.2, -0.15) is 5.10 Å². The van der Waals surface area contributed by atoms with Crippen molar-refractivity contribution in [2.75, 3.05) is 18.4 Å². The number of rotatable bonds is 10. The molecule has 1 aliphatic rings. The van der Waals surface area contributed by atoms with Gasteiger partial charge in [0.1, 0.15) is 17.3 Å². The summed E-state index contributed by atoms with van der Waals surface area (Å²) in [7, 11) is 0. The number of halogens is 2. The molecule has 0 fully saturated rings. The molecule has 1 unspecified atom stereocenters. The number of aromatic amines is 1. The Labute approximate surface area is 232 Å². The summed E-state index contributed by atoms with van der Waals surface area (Å²) in [6.45, 7) is 2.91. The summed E-state index contributed by atoms with van der Waals surface area (Å²) < 4.78 is 27.3. The van der Waals surface area contributed by atoms with E-state index in [1.165, 1.54) is 17.0 Å². The number of nitrogens with two attached hydrogens (primary N) is 1. The van der Waals surface area contributed by atoms with Crippen LogP contribution in [0.3, 0.4) is 0 Å². The van der Waals surface area contributed by atoms with Crippen LogP contribution in [-0.2, 0) is 19.4 Å². The Morgan fingerprint density at radius 3 is 2.58 bits per heavy atom. The zero-order valence-corrected chi connectivity index (χ0v) is 22.3. The molecule has 3 aromatic carbocycles. The van der Waals surface area contributed by atoms with E-state index in [4.69, 9.17) is 5.73 Å². The summed E-state index contributed by atoms with van der Waals surface area (Å²) in [4.78, 5) is 15.3. The Balaban J connectivity index is 1.36. The predicted molar refractivity (Wildman–Crippen MR) is 150 cm³/mol. The summed E-state index contributed by atoms with van der Waals surface area (Å²) in [5, 5.41) is 21.7. The first-order valence-electron chi connectivity index (χ1n) is 13.4. The molecular weight excluding hydrogens is 512 g/mol. The van der Waals surface area contributed by atoms with Crippen molar-refractivity contribution in [3.8, 4) is 0 Å². The molecule has 9 heteroatoms. The van der Waals surface area contributed by atoms with Crippen LogP contribution in [0, 0.1) is 11.6 Å².